The van der Waals surface area contributed by atoms with Crippen LogP contribution in [0, 0.1) is 0 Å². The average Bonchev–Trinajstić information content (AvgIpc) is 3.29. The van der Waals surface area contributed by atoms with E-state index in [0.29, 0.717) is 44.0 Å². The van der Waals surface area contributed by atoms with Crippen LogP contribution in [-0.4, -0.2) is 73.1 Å². The van der Waals surface area contributed by atoms with Crippen LogP contribution >= 0.6 is 0 Å². The molecular weight excluding hydrogens is 430 g/mol. The highest BCUT2D eigenvalue weighted by atomic mass is 32.2. The van der Waals surface area contributed by atoms with Crippen molar-refractivity contribution in [1.82, 2.24) is 19.2 Å². The Morgan fingerprint density at radius 2 is 1.75 bits per heavy atom. The van der Waals surface area contributed by atoms with E-state index in [1.165, 1.54) is 0 Å². The summed E-state index contributed by atoms with van der Waals surface area (Å²) in [6.45, 7) is 1.11. The smallest absolute Gasteiger partial charge is 0.282 e. The lowest BCUT2D eigenvalue weighted by Gasteiger charge is -2.42. The summed E-state index contributed by atoms with van der Waals surface area (Å²) in [6, 6.07) is 5.47. The largest absolute Gasteiger partial charge is 0.349 e. The summed E-state index contributed by atoms with van der Waals surface area (Å²) < 4.78 is 30.2. The predicted molar refractivity (Wildman–Crippen MR) is 120 cm³/mol. The number of fused-ring (bicyclic) bond motifs is 3. The van der Waals surface area contributed by atoms with Gasteiger partial charge in [0.2, 0.25) is 5.91 Å². The molecule has 0 aliphatic carbocycles. The first-order valence-corrected chi connectivity index (χ1v) is 12.9. The Hall–Kier alpha value is -2.01. The van der Waals surface area contributed by atoms with Gasteiger partial charge >= 0.3 is 0 Å². The molecule has 3 N–H and O–H groups in total. The molecule has 3 atom stereocenters. The summed E-state index contributed by atoms with van der Waals surface area (Å²) in [6.07, 6.45) is 4.92. The molecule has 4 aliphatic heterocycles. The maximum absolute atomic E-state index is 13.4. The maximum Gasteiger partial charge on any atom is 0.282 e. The minimum Gasteiger partial charge on any atom is -0.349 e. The average molecular weight is 462 g/mol. The van der Waals surface area contributed by atoms with E-state index in [2.05, 4.69) is 16.0 Å². The van der Waals surface area contributed by atoms with Gasteiger partial charge in [0, 0.05) is 48.5 Å². The van der Waals surface area contributed by atoms with Crippen LogP contribution in [0.2, 0.25) is 0 Å². The number of amides is 2. The fourth-order valence-corrected chi connectivity index (χ4v) is 7.85. The van der Waals surface area contributed by atoms with Gasteiger partial charge in [-0.15, -0.1) is 0 Å². The second kappa shape index (κ2) is 8.40. The summed E-state index contributed by atoms with van der Waals surface area (Å²) >= 11 is 0. The number of rotatable bonds is 5. The molecule has 32 heavy (non-hydrogen) atoms. The number of nitrogens with zero attached hydrogens (tertiary/aromatic N) is 2. The molecule has 3 fully saturated rings. The first-order chi connectivity index (χ1) is 15.3. The van der Waals surface area contributed by atoms with Crippen molar-refractivity contribution in [3.8, 4) is 0 Å². The summed E-state index contributed by atoms with van der Waals surface area (Å²) in [5, 5.41) is 9.13. The third-order valence-corrected chi connectivity index (χ3v) is 9.60. The molecule has 1 unspecified atom stereocenters. The summed E-state index contributed by atoms with van der Waals surface area (Å²) in [7, 11) is -1.56. The van der Waals surface area contributed by atoms with Crippen molar-refractivity contribution in [3.05, 3.63) is 29.3 Å². The lowest BCUT2D eigenvalue weighted by Crippen LogP contribution is -2.57. The second-order valence-corrected chi connectivity index (χ2v) is 11.3. The van der Waals surface area contributed by atoms with Gasteiger partial charge in [-0.1, -0.05) is 0 Å². The number of hydrogen-bond donors (Lipinski definition) is 3. The topological polar surface area (TPSA) is 111 Å². The first-order valence-electron chi connectivity index (χ1n) is 11.5. The normalized spacial score (nSPS) is 29.0. The highest BCUT2D eigenvalue weighted by molar-refractivity contribution is 7.86. The van der Waals surface area contributed by atoms with Crippen LogP contribution in [0.5, 0.6) is 0 Å². The van der Waals surface area contributed by atoms with Crippen LogP contribution in [0.25, 0.3) is 0 Å². The highest BCUT2D eigenvalue weighted by Gasteiger charge is 2.49. The van der Waals surface area contributed by atoms with Crippen LogP contribution in [0.3, 0.4) is 0 Å². The van der Waals surface area contributed by atoms with Crippen LogP contribution in [0.1, 0.15) is 54.4 Å². The number of hydrogen-bond acceptors (Lipinski definition) is 5. The zero-order valence-electron chi connectivity index (χ0n) is 18.3. The Labute approximate surface area is 189 Å². The van der Waals surface area contributed by atoms with Gasteiger partial charge < -0.3 is 16.0 Å². The van der Waals surface area contributed by atoms with Gasteiger partial charge in [0.15, 0.2) is 0 Å². The first kappa shape index (κ1) is 21.8. The van der Waals surface area contributed by atoms with Gasteiger partial charge in [-0.2, -0.15) is 17.0 Å². The number of carbonyl (C=O) groups is 2. The van der Waals surface area contributed by atoms with Gasteiger partial charge in [-0.05, 0) is 69.3 Å². The molecule has 5 rings (SSSR count). The number of piperidine rings is 2. The lowest BCUT2D eigenvalue weighted by molar-refractivity contribution is -0.115. The monoisotopic (exact) mass is 461 g/mol. The number of benzene rings is 1. The molecule has 1 aromatic rings. The van der Waals surface area contributed by atoms with E-state index in [-0.39, 0.29) is 29.9 Å². The van der Waals surface area contributed by atoms with E-state index in [1.807, 2.05) is 7.05 Å². The van der Waals surface area contributed by atoms with Gasteiger partial charge in [0.05, 0.1) is 6.42 Å². The van der Waals surface area contributed by atoms with E-state index >= 15 is 0 Å². The van der Waals surface area contributed by atoms with Crippen molar-refractivity contribution in [3.63, 3.8) is 0 Å². The van der Waals surface area contributed by atoms with Gasteiger partial charge in [0.1, 0.15) is 0 Å². The predicted octanol–water partition coefficient (Wildman–Crippen LogP) is 0.835. The van der Waals surface area contributed by atoms with E-state index in [0.717, 1.165) is 36.9 Å². The maximum atomic E-state index is 13.4. The number of anilines is 1. The third-order valence-electron chi connectivity index (χ3n) is 7.45. The molecule has 3 saturated heterocycles. The molecule has 9 nitrogen and oxygen atoms in total. The van der Waals surface area contributed by atoms with Gasteiger partial charge in [-0.25, -0.2) is 0 Å². The molecular formula is C22H31N5O4S. The molecule has 4 heterocycles. The third kappa shape index (κ3) is 3.93. The van der Waals surface area contributed by atoms with Crippen molar-refractivity contribution in [2.75, 3.05) is 25.5 Å². The Morgan fingerprint density at radius 1 is 1.06 bits per heavy atom. The van der Waals surface area contributed by atoms with Crippen LogP contribution in [-0.2, 0) is 21.4 Å². The lowest BCUT2D eigenvalue weighted by atomic mass is 9.99. The zero-order valence-corrected chi connectivity index (χ0v) is 19.2. The van der Waals surface area contributed by atoms with Crippen molar-refractivity contribution in [1.29, 1.82) is 0 Å². The molecule has 0 radical (unpaired) electrons. The number of nitrogens with one attached hydrogen (secondary N) is 3. The fourth-order valence-electron chi connectivity index (χ4n) is 5.78. The molecule has 1 aromatic carbocycles. The molecule has 0 saturated carbocycles. The van der Waals surface area contributed by atoms with E-state index in [9.17, 15) is 18.0 Å². The number of carbonyl (C=O) groups excluding carboxylic acids is 2. The van der Waals surface area contributed by atoms with Gasteiger partial charge in [0.25, 0.3) is 16.1 Å². The molecule has 4 aliphatic rings. The Morgan fingerprint density at radius 3 is 2.41 bits per heavy atom. The van der Waals surface area contributed by atoms with Crippen LogP contribution in [0.15, 0.2) is 18.2 Å². The van der Waals surface area contributed by atoms with Gasteiger partial charge in [-0.3, -0.25) is 9.59 Å². The van der Waals surface area contributed by atoms with Crippen molar-refractivity contribution in [2.45, 2.75) is 69.1 Å². The van der Waals surface area contributed by atoms with Crippen molar-refractivity contribution >= 4 is 27.7 Å². The molecule has 2 amide bonds. The quantitative estimate of drug-likeness (QED) is 0.602. The minimum absolute atomic E-state index is 0.0468. The van der Waals surface area contributed by atoms with Crippen molar-refractivity contribution < 1.29 is 18.0 Å². The molecule has 174 valence electrons. The Balaban J connectivity index is 1.23. The molecule has 0 aromatic heterocycles. The Bertz CT molecular complexity index is 1010. The fraction of sp³-hybridized carbons (Fsp3) is 0.636. The second-order valence-electron chi connectivity index (χ2n) is 9.42. The van der Waals surface area contributed by atoms with Crippen molar-refractivity contribution in [2.24, 2.45) is 0 Å². The summed E-state index contributed by atoms with van der Waals surface area (Å²) in [5.74, 6) is -0.222. The van der Waals surface area contributed by atoms with Crippen LogP contribution in [0.4, 0.5) is 5.69 Å². The van der Waals surface area contributed by atoms with Crippen LogP contribution < -0.4 is 16.0 Å². The zero-order chi connectivity index (χ0) is 22.5. The Kier molecular flexibility index (Phi) is 5.73. The summed E-state index contributed by atoms with van der Waals surface area (Å²) in [4.78, 5) is 24.4. The molecule has 2 bridgehead atoms. The highest BCUT2D eigenvalue weighted by Crippen LogP contribution is 2.39. The molecule has 0 spiro atoms. The summed E-state index contributed by atoms with van der Waals surface area (Å²) in [5.41, 5.74) is 2.14. The van der Waals surface area contributed by atoms with E-state index in [4.69, 9.17) is 0 Å². The standard InChI is InChI=1S/C22H31N5O4S/c1-23-16-6-8-26(9-7-16)32(30,31)27-18-3-4-19(27)13-17(12-18)24-22(29)14-2-5-20-15(10-14)11-21(28)25-20/h2,5,10,16-19,23H,3-4,6-9,11-13H2,1H3,(H,24,29)(H,25,28)/t17?,18-,19+. The minimum atomic E-state index is -3.48. The van der Waals surface area contributed by atoms with E-state index < -0.39 is 10.2 Å². The van der Waals surface area contributed by atoms with E-state index in [1.54, 1.807) is 26.8 Å². The SMILES string of the molecule is CNC1CCN(S(=O)(=O)N2[C@@H]3CC[C@H]2CC(NC(=O)c2ccc4c(c2)CC(=O)N4)C3)CC1. The molecule has 10 heteroatoms.